The van der Waals surface area contributed by atoms with Crippen molar-refractivity contribution < 1.29 is 0 Å². The molecule has 4 aromatic rings. The van der Waals surface area contributed by atoms with Crippen LogP contribution in [0.1, 0.15) is 5.56 Å². The summed E-state index contributed by atoms with van der Waals surface area (Å²) in [6.45, 7) is 2.09. The van der Waals surface area contributed by atoms with Crippen molar-refractivity contribution in [2.75, 3.05) is 0 Å². The number of benzene rings is 3. The molecule has 2 heteroatoms. The molecule has 2 nitrogen and oxygen atoms in total. The molecule has 0 amide bonds. The van der Waals surface area contributed by atoms with Gasteiger partial charge in [0.15, 0.2) is 0 Å². The molecule has 0 N–H and O–H groups in total. The summed E-state index contributed by atoms with van der Waals surface area (Å²) in [7, 11) is 0. The first-order chi connectivity index (χ1) is 12.3. The van der Waals surface area contributed by atoms with Gasteiger partial charge in [-0.1, -0.05) is 78.4 Å². The van der Waals surface area contributed by atoms with Crippen LogP contribution >= 0.6 is 0 Å². The molecule has 0 aliphatic carbocycles. The van der Waals surface area contributed by atoms with E-state index < -0.39 is 0 Å². The zero-order valence-electron chi connectivity index (χ0n) is 14.1. The van der Waals surface area contributed by atoms with Gasteiger partial charge in [-0.25, -0.2) is 9.97 Å². The van der Waals surface area contributed by atoms with Gasteiger partial charge in [-0.15, -0.1) is 0 Å². The lowest BCUT2D eigenvalue weighted by molar-refractivity contribution is 1.18. The van der Waals surface area contributed by atoms with Crippen LogP contribution in [-0.2, 0) is 0 Å². The van der Waals surface area contributed by atoms with Crippen LogP contribution in [-0.4, -0.2) is 9.97 Å². The number of rotatable bonds is 3. The third kappa shape index (κ3) is 3.33. The molecule has 1 heterocycles. The Labute approximate surface area is 147 Å². The number of nitrogens with zero attached hydrogens (tertiary/aromatic N) is 2. The Bertz CT molecular complexity index is 990. The number of hydrogen-bond donors (Lipinski definition) is 0. The van der Waals surface area contributed by atoms with Gasteiger partial charge in [-0.3, -0.25) is 0 Å². The third-order valence-electron chi connectivity index (χ3n) is 4.28. The van der Waals surface area contributed by atoms with Gasteiger partial charge in [0.05, 0.1) is 11.4 Å². The van der Waals surface area contributed by atoms with Gasteiger partial charge in [0.25, 0.3) is 0 Å². The van der Waals surface area contributed by atoms with Crippen LogP contribution in [0.25, 0.3) is 33.6 Å². The standard InChI is InChI=1S/C23H18N2/c1-17-10-12-19(13-11-17)22-15-23(25-16-24-22)21-9-5-8-20(14-21)18-6-3-2-4-7-18/h2-16H,1H3. The molecule has 4 rings (SSSR count). The highest BCUT2D eigenvalue weighted by atomic mass is 14.8. The van der Waals surface area contributed by atoms with Crippen molar-refractivity contribution in [3.05, 3.63) is 96.8 Å². The second kappa shape index (κ2) is 6.70. The third-order valence-corrected chi connectivity index (χ3v) is 4.28. The maximum absolute atomic E-state index is 4.48. The van der Waals surface area contributed by atoms with E-state index >= 15 is 0 Å². The molecular weight excluding hydrogens is 304 g/mol. The van der Waals surface area contributed by atoms with E-state index in [0.29, 0.717) is 0 Å². The minimum atomic E-state index is 0.934. The van der Waals surface area contributed by atoms with E-state index in [1.54, 1.807) is 6.33 Å². The smallest absolute Gasteiger partial charge is 0.116 e. The van der Waals surface area contributed by atoms with Crippen molar-refractivity contribution in [1.29, 1.82) is 0 Å². The lowest BCUT2D eigenvalue weighted by atomic mass is 10.0. The average Bonchev–Trinajstić information content (AvgIpc) is 2.69. The Kier molecular flexibility index (Phi) is 4.09. The van der Waals surface area contributed by atoms with Crippen LogP contribution in [0.15, 0.2) is 91.3 Å². The van der Waals surface area contributed by atoms with Crippen LogP contribution in [0.2, 0.25) is 0 Å². The summed E-state index contributed by atoms with van der Waals surface area (Å²) in [6, 6.07) is 29.3. The summed E-state index contributed by atoms with van der Waals surface area (Å²) in [5, 5.41) is 0. The highest BCUT2D eigenvalue weighted by Gasteiger charge is 2.06. The molecule has 25 heavy (non-hydrogen) atoms. The zero-order chi connectivity index (χ0) is 17.1. The lowest BCUT2D eigenvalue weighted by Gasteiger charge is -2.07. The Morgan fingerprint density at radius 2 is 1.16 bits per heavy atom. The molecule has 0 aliphatic rings. The van der Waals surface area contributed by atoms with Gasteiger partial charge in [0, 0.05) is 11.1 Å². The predicted octanol–water partition coefficient (Wildman–Crippen LogP) is 5.79. The normalized spacial score (nSPS) is 10.6. The van der Waals surface area contributed by atoms with Crippen molar-refractivity contribution in [3.63, 3.8) is 0 Å². The summed E-state index contributed by atoms with van der Waals surface area (Å²) >= 11 is 0. The molecule has 0 saturated heterocycles. The van der Waals surface area contributed by atoms with E-state index in [2.05, 4.69) is 95.8 Å². The first-order valence-corrected chi connectivity index (χ1v) is 8.34. The Morgan fingerprint density at radius 3 is 1.92 bits per heavy atom. The van der Waals surface area contributed by atoms with Crippen molar-refractivity contribution in [1.82, 2.24) is 9.97 Å². The van der Waals surface area contributed by atoms with Crippen LogP contribution in [0, 0.1) is 6.92 Å². The van der Waals surface area contributed by atoms with E-state index in [1.165, 1.54) is 16.7 Å². The number of aromatic nitrogens is 2. The quantitative estimate of drug-likeness (QED) is 0.477. The summed E-state index contributed by atoms with van der Waals surface area (Å²) in [4.78, 5) is 8.91. The average molecular weight is 322 g/mol. The summed E-state index contributed by atoms with van der Waals surface area (Å²) in [6.07, 6.45) is 1.64. The van der Waals surface area contributed by atoms with Crippen LogP contribution < -0.4 is 0 Å². The lowest BCUT2D eigenvalue weighted by Crippen LogP contribution is -1.90. The Balaban J connectivity index is 1.73. The molecule has 0 unspecified atom stereocenters. The van der Waals surface area contributed by atoms with Gasteiger partial charge in [-0.05, 0) is 30.2 Å². The Hall–Kier alpha value is -3.26. The summed E-state index contributed by atoms with van der Waals surface area (Å²) in [5.41, 5.74) is 7.71. The van der Waals surface area contributed by atoms with Gasteiger partial charge in [-0.2, -0.15) is 0 Å². The van der Waals surface area contributed by atoms with Gasteiger partial charge in [0.1, 0.15) is 6.33 Å². The fourth-order valence-electron chi connectivity index (χ4n) is 2.89. The van der Waals surface area contributed by atoms with E-state index in [9.17, 15) is 0 Å². The van der Waals surface area contributed by atoms with E-state index in [0.717, 1.165) is 22.5 Å². The molecule has 1 aromatic heterocycles. The predicted molar refractivity (Wildman–Crippen MR) is 103 cm³/mol. The van der Waals surface area contributed by atoms with Gasteiger partial charge < -0.3 is 0 Å². The summed E-state index contributed by atoms with van der Waals surface area (Å²) < 4.78 is 0. The fourth-order valence-corrected chi connectivity index (χ4v) is 2.89. The highest BCUT2D eigenvalue weighted by molar-refractivity contribution is 5.73. The van der Waals surface area contributed by atoms with Gasteiger partial charge >= 0.3 is 0 Å². The molecule has 0 atom stereocenters. The zero-order valence-corrected chi connectivity index (χ0v) is 14.1. The summed E-state index contributed by atoms with van der Waals surface area (Å²) in [5.74, 6) is 0. The molecular formula is C23H18N2. The number of aryl methyl sites for hydroxylation is 1. The van der Waals surface area contributed by atoms with Crippen molar-refractivity contribution in [3.8, 4) is 33.6 Å². The fraction of sp³-hybridized carbons (Fsp3) is 0.0435. The molecule has 0 saturated carbocycles. The maximum Gasteiger partial charge on any atom is 0.116 e. The molecule has 0 radical (unpaired) electrons. The minimum absolute atomic E-state index is 0.934. The van der Waals surface area contributed by atoms with Crippen molar-refractivity contribution in [2.45, 2.75) is 6.92 Å². The molecule has 0 bridgehead atoms. The van der Waals surface area contributed by atoms with Crippen LogP contribution in [0.3, 0.4) is 0 Å². The molecule has 3 aromatic carbocycles. The van der Waals surface area contributed by atoms with E-state index in [-0.39, 0.29) is 0 Å². The molecule has 0 aliphatic heterocycles. The van der Waals surface area contributed by atoms with Crippen LogP contribution in [0.4, 0.5) is 0 Å². The minimum Gasteiger partial charge on any atom is -0.236 e. The SMILES string of the molecule is Cc1ccc(-c2cc(-c3cccc(-c4ccccc4)c3)ncn2)cc1. The van der Waals surface area contributed by atoms with Gasteiger partial charge in [0.2, 0.25) is 0 Å². The second-order valence-corrected chi connectivity index (χ2v) is 6.10. The highest BCUT2D eigenvalue weighted by Crippen LogP contribution is 2.27. The first-order valence-electron chi connectivity index (χ1n) is 8.34. The largest absolute Gasteiger partial charge is 0.236 e. The molecule has 0 fully saturated rings. The second-order valence-electron chi connectivity index (χ2n) is 6.10. The van der Waals surface area contributed by atoms with Crippen LogP contribution in [0.5, 0.6) is 0 Å². The van der Waals surface area contributed by atoms with Crippen molar-refractivity contribution >= 4 is 0 Å². The monoisotopic (exact) mass is 322 g/mol. The van der Waals surface area contributed by atoms with E-state index in [4.69, 9.17) is 0 Å². The van der Waals surface area contributed by atoms with Crippen molar-refractivity contribution in [2.24, 2.45) is 0 Å². The topological polar surface area (TPSA) is 25.8 Å². The van der Waals surface area contributed by atoms with E-state index in [1.807, 2.05) is 6.07 Å². The first kappa shape index (κ1) is 15.3. The molecule has 120 valence electrons. The Morgan fingerprint density at radius 1 is 0.520 bits per heavy atom. The maximum atomic E-state index is 4.48. The number of hydrogen-bond acceptors (Lipinski definition) is 2. The molecule has 0 spiro atoms.